The molecule has 1 aromatic carbocycles. The molecular weight excluding hydrogens is 274 g/mol. The Hall–Kier alpha value is -0.340. The van der Waals surface area contributed by atoms with Crippen LogP contribution in [0.25, 0.3) is 0 Å². The van der Waals surface area contributed by atoms with Crippen LogP contribution in [0.1, 0.15) is 50.8 Å². The smallest absolute Gasteiger partial charge is 0.0346 e. The minimum absolute atomic E-state index is 0.469. The summed E-state index contributed by atoms with van der Waals surface area (Å²) in [6.07, 6.45) is 2.51. The van der Waals surface area contributed by atoms with Gasteiger partial charge >= 0.3 is 0 Å². The second-order valence-electron chi connectivity index (χ2n) is 4.86. The SMILES string of the molecule is CCCC(C)C(NCC)c1cc(C)cc(Br)c1. The van der Waals surface area contributed by atoms with Crippen LogP contribution in [0.4, 0.5) is 0 Å². The standard InChI is InChI=1S/C15H24BrN/c1-5-7-12(4)15(17-6-2)13-8-11(3)9-14(16)10-13/h8-10,12,15,17H,5-7H2,1-4H3. The molecule has 17 heavy (non-hydrogen) atoms. The van der Waals surface area contributed by atoms with Crippen molar-refractivity contribution in [3.05, 3.63) is 33.8 Å². The van der Waals surface area contributed by atoms with E-state index in [1.54, 1.807) is 0 Å². The molecule has 0 aliphatic carbocycles. The molecule has 0 saturated carbocycles. The maximum Gasteiger partial charge on any atom is 0.0346 e. The number of hydrogen-bond donors (Lipinski definition) is 1. The molecule has 0 saturated heterocycles. The van der Waals surface area contributed by atoms with Gasteiger partial charge in [0.15, 0.2) is 0 Å². The topological polar surface area (TPSA) is 12.0 Å². The predicted octanol–water partition coefficient (Wildman–Crippen LogP) is 4.84. The molecular formula is C15H24BrN. The summed E-state index contributed by atoms with van der Waals surface area (Å²) < 4.78 is 1.18. The Labute approximate surface area is 114 Å². The van der Waals surface area contributed by atoms with Crippen LogP contribution in [0.2, 0.25) is 0 Å². The molecule has 0 aromatic heterocycles. The molecule has 0 amide bonds. The fourth-order valence-corrected chi connectivity index (χ4v) is 3.06. The van der Waals surface area contributed by atoms with Crippen molar-refractivity contribution in [3.63, 3.8) is 0 Å². The van der Waals surface area contributed by atoms with Crippen LogP contribution >= 0.6 is 15.9 Å². The lowest BCUT2D eigenvalue weighted by molar-refractivity contribution is 0.369. The summed E-state index contributed by atoms with van der Waals surface area (Å²) in [4.78, 5) is 0. The molecule has 0 heterocycles. The maximum absolute atomic E-state index is 3.62. The van der Waals surface area contributed by atoms with Crippen LogP contribution in [0.15, 0.2) is 22.7 Å². The molecule has 0 spiro atoms. The van der Waals surface area contributed by atoms with Crippen molar-refractivity contribution in [1.29, 1.82) is 0 Å². The zero-order valence-corrected chi connectivity index (χ0v) is 13.0. The quantitative estimate of drug-likeness (QED) is 0.792. The third-order valence-corrected chi connectivity index (χ3v) is 3.62. The summed E-state index contributed by atoms with van der Waals surface area (Å²) in [6, 6.07) is 7.17. The zero-order chi connectivity index (χ0) is 12.8. The normalized spacial score (nSPS) is 14.6. The highest BCUT2D eigenvalue weighted by molar-refractivity contribution is 9.10. The molecule has 2 heteroatoms. The van der Waals surface area contributed by atoms with Crippen molar-refractivity contribution in [2.24, 2.45) is 5.92 Å². The van der Waals surface area contributed by atoms with Gasteiger partial charge in [-0.25, -0.2) is 0 Å². The van der Waals surface area contributed by atoms with Gasteiger partial charge in [-0.15, -0.1) is 0 Å². The Morgan fingerprint density at radius 2 is 1.94 bits per heavy atom. The minimum atomic E-state index is 0.469. The Morgan fingerprint density at radius 1 is 1.24 bits per heavy atom. The summed E-state index contributed by atoms with van der Waals surface area (Å²) in [5.74, 6) is 0.675. The largest absolute Gasteiger partial charge is 0.310 e. The van der Waals surface area contributed by atoms with Gasteiger partial charge in [-0.3, -0.25) is 0 Å². The summed E-state index contributed by atoms with van der Waals surface area (Å²) in [7, 11) is 0. The van der Waals surface area contributed by atoms with Crippen molar-refractivity contribution in [3.8, 4) is 0 Å². The lowest BCUT2D eigenvalue weighted by atomic mass is 9.90. The van der Waals surface area contributed by atoms with E-state index in [9.17, 15) is 0 Å². The molecule has 0 fully saturated rings. The monoisotopic (exact) mass is 297 g/mol. The number of benzene rings is 1. The Balaban J connectivity index is 2.95. The van der Waals surface area contributed by atoms with Crippen LogP contribution in [-0.2, 0) is 0 Å². The van der Waals surface area contributed by atoms with Crippen LogP contribution in [0.3, 0.4) is 0 Å². The number of halogens is 1. The molecule has 0 aliphatic rings. The number of hydrogen-bond acceptors (Lipinski definition) is 1. The summed E-state index contributed by atoms with van der Waals surface area (Å²) >= 11 is 3.59. The van der Waals surface area contributed by atoms with Gasteiger partial charge < -0.3 is 5.32 Å². The first-order valence-corrected chi connectivity index (χ1v) is 7.38. The molecule has 96 valence electrons. The van der Waals surface area contributed by atoms with Gasteiger partial charge in [0.25, 0.3) is 0 Å². The fraction of sp³-hybridized carbons (Fsp3) is 0.600. The fourth-order valence-electron chi connectivity index (χ4n) is 2.43. The third-order valence-electron chi connectivity index (χ3n) is 3.16. The van der Waals surface area contributed by atoms with E-state index in [0.29, 0.717) is 12.0 Å². The first-order valence-electron chi connectivity index (χ1n) is 6.59. The van der Waals surface area contributed by atoms with Crippen molar-refractivity contribution in [2.75, 3.05) is 6.54 Å². The van der Waals surface area contributed by atoms with E-state index in [1.807, 2.05) is 0 Å². The molecule has 0 radical (unpaired) electrons. The average Bonchev–Trinajstić information content (AvgIpc) is 2.24. The van der Waals surface area contributed by atoms with Crippen molar-refractivity contribution < 1.29 is 0 Å². The van der Waals surface area contributed by atoms with E-state index in [0.717, 1.165) is 6.54 Å². The molecule has 2 atom stereocenters. The van der Waals surface area contributed by atoms with Gasteiger partial charge in [0.2, 0.25) is 0 Å². The van der Waals surface area contributed by atoms with E-state index < -0.39 is 0 Å². The molecule has 1 nitrogen and oxygen atoms in total. The highest BCUT2D eigenvalue weighted by Gasteiger charge is 2.18. The lowest BCUT2D eigenvalue weighted by Crippen LogP contribution is -2.26. The minimum Gasteiger partial charge on any atom is -0.310 e. The second kappa shape index (κ2) is 7.17. The molecule has 0 bridgehead atoms. The average molecular weight is 298 g/mol. The van der Waals surface area contributed by atoms with E-state index >= 15 is 0 Å². The molecule has 2 unspecified atom stereocenters. The Morgan fingerprint density at radius 3 is 2.47 bits per heavy atom. The van der Waals surface area contributed by atoms with E-state index in [4.69, 9.17) is 0 Å². The second-order valence-corrected chi connectivity index (χ2v) is 5.78. The lowest BCUT2D eigenvalue weighted by Gasteiger charge is -2.25. The zero-order valence-electron chi connectivity index (χ0n) is 11.4. The molecule has 0 aliphatic heterocycles. The van der Waals surface area contributed by atoms with Crippen LogP contribution < -0.4 is 5.32 Å². The first kappa shape index (κ1) is 14.7. The van der Waals surface area contributed by atoms with Gasteiger partial charge in [0, 0.05) is 10.5 Å². The number of nitrogens with one attached hydrogen (secondary N) is 1. The van der Waals surface area contributed by atoms with Gasteiger partial charge in [0.1, 0.15) is 0 Å². The van der Waals surface area contributed by atoms with Crippen molar-refractivity contribution in [2.45, 2.75) is 46.6 Å². The first-order chi connectivity index (χ1) is 8.08. The van der Waals surface area contributed by atoms with Crippen LogP contribution in [0, 0.1) is 12.8 Å². The highest BCUT2D eigenvalue weighted by atomic mass is 79.9. The maximum atomic E-state index is 3.62. The van der Waals surface area contributed by atoms with E-state index in [1.165, 1.54) is 28.4 Å². The predicted molar refractivity (Wildman–Crippen MR) is 79.4 cm³/mol. The molecule has 1 rings (SSSR count). The van der Waals surface area contributed by atoms with E-state index in [2.05, 4.69) is 67.1 Å². The van der Waals surface area contributed by atoms with Crippen molar-refractivity contribution in [1.82, 2.24) is 5.32 Å². The van der Waals surface area contributed by atoms with Gasteiger partial charge in [0.05, 0.1) is 0 Å². The summed E-state index contributed by atoms with van der Waals surface area (Å²) in [5.41, 5.74) is 2.72. The summed E-state index contributed by atoms with van der Waals surface area (Å²) in [5, 5.41) is 3.62. The summed E-state index contributed by atoms with van der Waals surface area (Å²) in [6.45, 7) is 9.95. The van der Waals surface area contributed by atoms with Gasteiger partial charge in [-0.2, -0.15) is 0 Å². The third kappa shape index (κ3) is 4.44. The number of aryl methyl sites for hydroxylation is 1. The molecule has 1 aromatic rings. The van der Waals surface area contributed by atoms with Gasteiger partial charge in [-0.1, -0.05) is 49.2 Å². The molecule has 1 N–H and O–H groups in total. The highest BCUT2D eigenvalue weighted by Crippen LogP contribution is 2.28. The Kier molecular flexibility index (Phi) is 6.21. The Bertz CT molecular complexity index is 329. The van der Waals surface area contributed by atoms with Crippen LogP contribution in [0.5, 0.6) is 0 Å². The van der Waals surface area contributed by atoms with E-state index in [-0.39, 0.29) is 0 Å². The van der Waals surface area contributed by atoms with Crippen molar-refractivity contribution >= 4 is 15.9 Å². The van der Waals surface area contributed by atoms with Crippen LogP contribution in [-0.4, -0.2) is 6.54 Å². The number of rotatable bonds is 6. The van der Waals surface area contributed by atoms with Gasteiger partial charge in [-0.05, 0) is 49.1 Å².